The summed E-state index contributed by atoms with van der Waals surface area (Å²) in [5.74, 6) is -0.0742. The number of benzene rings is 1. The van der Waals surface area contributed by atoms with E-state index in [-0.39, 0.29) is 24.4 Å². The average Bonchev–Trinajstić information content (AvgIpc) is 3.58. The van der Waals surface area contributed by atoms with Crippen LogP contribution in [0.1, 0.15) is 67.1 Å². The Balaban J connectivity index is 1.68. The predicted molar refractivity (Wildman–Crippen MR) is 131 cm³/mol. The third kappa shape index (κ3) is 7.46. The third-order valence-electron chi connectivity index (χ3n) is 6.35. The van der Waals surface area contributed by atoms with E-state index in [4.69, 9.17) is 4.74 Å². The number of rotatable bonds is 14. The standard InChI is InChI=1S/C27H39N3O3/c1-4-5-6-9-22-11-13-23(14-12-22)27(32)29(18-8-19-33-3)21-26(31)30(24-15-16-24)20-25-10-7-17-28(25)2/h7,10-14,17,24H,4-6,8-9,15-16,18-21H2,1-3H3. The molecule has 0 atom stereocenters. The Hall–Kier alpha value is -2.60. The van der Waals surface area contributed by atoms with Gasteiger partial charge >= 0.3 is 0 Å². The Kier molecular flexibility index (Phi) is 9.55. The highest BCUT2D eigenvalue weighted by Gasteiger charge is 2.34. The molecule has 0 saturated heterocycles. The maximum Gasteiger partial charge on any atom is 0.254 e. The number of ether oxygens (including phenoxy) is 1. The fourth-order valence-electron chi connectivity index (χ4n) is 4.12. The SMILES string of the molecule is CCCCCc1ccc(C(=O)N(CCCOC)CC(=O)N(Cc2cccn2C)C2CC2)cc1. The van der Waals surface area contributed by atoms with Gasteiger partial charge in [0.1, 0.15) is 6.54 Å². The van der Waals surface area contributed by atoms with E-state index in [0.29, 0.717) is 31.7 Å². The number of carbonyl (C=O) groups is 2. The van der Waals surface area contributed by atoms with Gasteiger partial charge in [0.25, 0.3) is 5.91 Å². The first kappa shape index (κ1) is 25.0. The van der Waals surface area contributed by atoms with E-state index >= 15 is 0 Å². The molecule has 33 heavy (non-hydrogen) atoms. The Morgan fingerprint density at radius 1 is 1.09 bits per heavy atom. The lowest BCUT2D eigenvalue weighted by Crippen LogP contribution is -2.44. The Morgan fingerprint density at radius 3 is 2.45 bits per heavy atom. The lowest BCUT2D eigenvalue weighted by atomic mass is 10.0. The molecule has 6 heteroatoms. The molecule has 0 spiro atoms. The second-order valence-electron chi connectivity index (χ2n) is 9.09. The van der Waals surface area contributed by atoms with Crippen molar-refractivity contribution < 1.29 is 14.3 Å². The van der Waals surface area contributed by atoms with E-state index in [1.807, 2.05) is 59.1 Å². The molecule has 6 nitrogen and oxygen atoms in total. The first-order valence-electron chi connectivity index (χ1n) is 12.3. The monoisotopic (exact) mass is 453 g/mol. The van der Waals surface area contributed by atoms with Crippen molar-refractivity contribution in [1.82, 2.24) is 14.4 Å². The number of carbonyl (C=O) groups excluding carboxylic acids is 2. The molecule has 3 rings (SSSR count). The number of hydrogen-bond acceptors (Lipinski definition) is 3. The van der Waals surface area contributed by atoms with E-state index in [0.717, 1.165) is 25.0 Å². The van der Waals surface area contributed by atoms with Gasteiger partial charge in [-0.1, -0.05) is 31.9 Å². The first-order valence-corrected chi connectivity index (χ1v) is 12.3. The molecule has 0 unspecified atom stereocenters. The van der Waals surface area contributed by atoms with Gasteiger partial charge in [-0.05, 0) is 61.9 Å². The molecule has 0 bridgehead atoms. The van der Waals surface area contributed by atoms with Crippen molar-refractivity contribution in [2.75, 3.05) is 26.8 Å². The smallest absolute Gasteiger partial charge is 0.254 e. The number of unbranched alkanes of at least 4 members (excludes halogenated alkanes) is 2. The van der Waals surface area contributed by atoms with Crippen LogP contribution in [0.3, 0.4) is 0 Å². The minimum Gasteiger partial charge on any atom is -0.385 e. The van der Waals surface area contributed by atoms with Gasteiger partial charge in [-0.25, -0.2) is 0 Å². The van der Waals surface area contributed by atoms with Crippen LogP contribution in [0.15, 0.2) is 42.6 Å². The topological polar surface area (TPSA) is 54.8 Å². The molecule has 1 aromatic carbocycles. The van der Waals surface area contributed by atoms with E-state index < -0.39 is 0 Å². The van der Waals surface area contributed by atoms with Crippen LogP contribution in [0.25, 0.3) is 0 Å². The summed E-state index contributed by atoms with van der Waals surface area (Å²) in [5.41, 5.74) is 3.00. The van der Waals surface area contributed by atoms with E-state index in [1.54, 1.807) is 12.0 Å². The van der Waals surface area contributed by atoms with Crippen molar-refractivity contribution in [3.8, 4) is 0 Å². The van der Waals surface area contributed by atoms with Crippen LogP contribution in [-0.2, 0) is 29.5 Å². The van der Waals surface area contributed by atoms with Gasteiger partial charge in [-0.2, -0.15) is 0 Å². The number of hydrogen-bond donors (Lipinski definition) is 0. The lowest BCUT2D eigenvalue weighted by molar-refractivity contribution is -0.133. The van der Waals surface area contributed by atoms with Gasteiger partial charge in [0.2, 0.25) is 5.91 Å². The minimum absolute atomic E-state index is 0.0145. The quantitative estimate of drug-likeness (QED) is 0.398. The van der Waals surface area contributed by atoms with Crippen molar-refractivity contribution in [3.63, 3.8) is 0 Å². The summed E-state index contributed by atoms with van der Waals surface area (Å²) in [6, 6.07) is 12.2. The van der Waals surface area contributed by atoms with Gasteiger partial charge in [0.15, 0.2) is 0 Å². The first-order chi connectivity index (χ1) is 16.0. The second kappa shape index (κ2) is 12.6. The van der Waals surface area contributed by atoms with E-state index in [2.05, 4.69) is 6.92 Å². The Labute approximate surface area is 198 Å². The fraction of sp³-hybridized carbons (Fsp3) is 0.556. The van der Waals surface area contributed by atoms with Crippen LogP contribution < -0.4 is 0 Å². The normalized spacial score (nSPS) is 13.2. The van der Waals surface area contributed by atoms with Crippen molar-refractivity contribution in [2.45, 2.75) is 64.5 Å². The zero-order valence-corrected chi connectivity index (χ0v) is 20.5. The maximum absolute atomic E-state index is 13.3. The minimum atomic E-state index is -0.0887. The molecule has 1 aromatic heterocycles. The van der Waals surface area contributed by atoms with Crippen molar-refractivity contribution >= 4 is 11.8 Å². The Bertz CT molecular complexity index is 886. The zero-order chi connectivity index (χ0) is 23.6. The predicted octanol–water partition coefficient (Wildman–Crippen LogP) is 4.43. The fourth-order valence-corrected chi connectivity index (χ4v) is 4.12. The average molecular weight is 454 g/mol. The van der Waals surface area contributed by atoms with Crippen LogP contribution in [0, 0.1) is 0 Å². The van der Waals surface area contributed by atoms with E-state index in [9.17, 15) is 9.59 Å². The molecule has 1 heterocycles. The van der Waals surface area contributed by atoms with Gasteiger partial charge in [0, 0.05) is 50.8 Å². The molecule has 2 aromatic rings. The van der Waals surface area contributed by atoms with Crippen LogP contribution in [0.2, 0.25) is 0 Å². The summed E-state index contributed by atoms with van der Waals surface area (Å²) in [5, 5.41) is 0. The number of aromatic nitrogens is 1. The van der Waals surface area contributed by atoms with Gasteiger partial charge in [0.05, 0.1) is 6.54 Å². The van der Waals surface area contributed by atoms with Crippen LogP contribution in [0.5, 0.6) is 0 Å². The van der Waals surface area contributed by atoms with Gasteiger partial charge < -0.3 is 19.1 Å². The molecular weight excluding hydrogens is 414 g/mol. The van der Waals surface area contributed by atoms with Crippen molar-refractivity contribution in [2.24, 2.45) is 7.05 Å². The van der Waals surface area contributed by atoms with Gasteiger partial charge in [-0.15, -0.1) is 0 Å². The largest absolute Gasteiger partial charge is 0.385 e. The lowest BCUT2D eigenvalue weighted by Gasteiger charge is -2.28. The van der Waals surface area contributed by atoms with Crippen molar-refractivity contribution in [1.29, 1.82) is 0 Å². The van der Waals surface area contributed by atoms with Gasteiger partial charge in [-0.3, -0.25) is 9.59 Å². The molecule has 2 amide bonds. The molecule has 1 aliphatic carbocycles. The number of amides is 2. The highest BCUT2D eigenvalue weighted by molar-refractivity contribution is 5.96. The summed E-state index contributed by atoms with van der Waals surface area (Å²) >= 11 is 0. The van der Waals surface area contributed by atoms with E-state index in [1.165, 1.54) is 24.8 Å². The molecule has 1 aliphatic rings. The third-order valence-corrected chi connectivity index (χ3v) is 6.35. The zero-order valence-electron chi connectivity index (χ0n) is 20.5. The molecule has 1 saturated carbocycles. The summed E-state index contributed by atoms with van der Waals surface area (Å²) in [6.45, 7) is 3.94. The molecule has 1 fully saturated rings. The molecule has 0 N–H and O–H groups in total. The molecule has 0 radical (unpaired) electrons. The van der Waals surface area contributed by atoms with Crippen LogP contribution in [-0.4, -0.2) is 59.0 Å². The summed E-state index contributed by atoms with van der Waals surface area (Å²) in [7, 11) is 3.65. The summed E-state index contributed by atoms with van der Waals surface area (Å²) < 4.78 is 7.24. The van der Waals surface area contributed by atoms with Crippen LogP contribution >= 0.6 is 0 Å². The highest BCUT2D eigenvalue weighted by Crippen LogP contribution is 2.28. The number of nitrogens with zero attached hydrogens (tertiary/aromatic N) is 3. The number of aryl methyl sites for hydroxylation is 2. The number of methoxy groups -OCH3 is 1. The van der Waals surface area contributed by atoms with Crippen molar-refractivity contribution in [3.05, 3.63) is 59.4 Å². The van der Waals surface area contributed by atoms with Crippen LogP contribution in [0.4, 0.5) is 0 Å². The second-order valence-corrected chi connectivity index (χ2v) is 9.09. The molecule has 180 valence electrons. The summed E-state index contributed by atoms with van der Waals surface area (Å²) in [6.07, 6.45) is 9.39. The molecule has 0 aliphatic heterocycles. The maximum atomic E-state index is 13.3. The summed E-state index contributed by atoms with van der Waals surface area (Å²) in [4.78, 5) is 30.3. The molecular formula is C27H39N3O3. The highest BCUT2D eigenvalue weighted by atomic mass is 16.5. The Morgan fingerprint density at radius 2 is 1.85 bits per heavy atom.